The van der Waals surface area contributed by atoms with Gasteiger partial charge in [0.25, 0.3) is 0 Å². The molecule has 0 spiro atoms. The highest BCUT2D eigenvalue weighted by Crippen LogP contribution is 2.31. The minimum atomic E-state index is 0.646. The third kappa shape index (κ3) is 3.46. The minimum Gasteiger partial charge on any atom is -0.330 e. The number of nitrogens with zero attached hydrogens (tertiary/aromatic N) is 1. The third-order valence-corrected chi connectivity index (χ3v) is 4.20. The van der Waals surface area contributed by atoms with Gasteiger partial charge < -0.3 is 10.6 Å². The van der Waals surface area contributed by atoms with E-state index in [0.29, 0.717) is 6.04 Å². The molecule has 1 aliphatic carbocycles. The van der Waals surface area contributed by atoms with E-state index in [1.807, 2.05) is 0 Å². The van der Waals surface area contributed by atoms with E-state index in [2.05, 4.69) is 25.8 Å². The van der Waals surface area contributed by atoms with Crippen molar-refractivity contribution in [1.29, 1.82) is 0 Å². The lowest BCUT2D eigenvalue weighted by atomic mass is 9.81. The fraction of sp³-hybridized carbons (Fsp3) is 1.00. The van der Waals surface area contributed by atoms with E-state index < -0.39 is 0 Å². The summed E-state index contributed by atoms with van der Waals surface area (Å²) < 4.78 is 0. The van der Waals surface area contributed by atoms with Crippen LogP contribution in [0.3, 0.4) is 0 Å². The highest BCUT2D eigenvalue weighted by molar-refractivity contribution is 4.83. The molecule has 3 atom stereocenters. The number of hydrogen-bond donors (Lipinski definition) is 1. The number of hydrogen-bond acceptors (Lipinski definition) is 2. The Bertz CT molecular complexity index is 170. The Hall–Kier alpha value is -0.0800. The van der Waals surface area contributed by atoms with Crippen LogP contribution in [-0.2, 0) is 0 Å². The molecular formula is C13H28N2. The molecule has 0 radical (unpaired) electrons. The predicted octanol–water partition coefficient (Wildman–Crippen LogP) is 2.62. The lowest BCUT2D eigenvalue weighted by molar-refractivity contribution is 0.0906. The Morgan fingerprint density at radius 1 is 1.33 bits per heavy atom. The van der Waals surface area contributed by atoms with Crippen LogP contribution in [0, 0.1) is 5.92 Å². The molecule has 1 rings (SSSR count). The van der Waals surface area contributed by atoms with Crippen LogP contribution in [0.15, 0.2) is 0 Å². The van der Waals surface area contributed by atoms with Crippen molar-refractivity contribution in [3.63, 3.8) is 0 Å². The lowest BCUT2D eigenvalue weighted by Crippen LogP contribution is -2.45. The second kappa shape index (κ2) is 6.49. The third-order valence-electron chi connectivity index (χ3n) is 4.20. The maximum absolute atomic E-state index is 5.64. The first-order chi connectivity index (χ1) is 7.20. The molecule has 2 nitrogen and oxygen atoms in total. The van der Waals surface area contributed by atoms with Crippen LogP contribution in [0.5, 0.6) is 0 Å². The largest absolute Gasteiger partial charge is 0.330 e. The van der Waals surface area contributed by atoms with E-state index in [1.165, 1.54) is 32.1 Å². The first-order valence-corrected chi connectivity index (χ1v) is 6.62. The minimum absolute atomic E-state index is 0.646. The Morgan fingerprint density at radius 3 is 2.60 bits per heavy atom. The van der Waals surface area contributed by atoms with Gasteiger partial charge in [-0.2, -0.15) is 0 Å². The van der Waals surface area contributed by atoms with Crippen LogP contribution in [0.25, 0.3) is 0 Å². The zero-order valence-corrected chi connectivity index (χ0v) is 10.7. The Kier molecular flexibility index (Phi) is 5.62. The van der Waals surface area contributed by atoms with Crippen LogP contribution in [-0.4, -0.2) is 30.6 Å². The summed E-state index contributed by atoms with van der Waals surface area (Å²) in [6.45, 7) is 5.47. The van der Waals surface area contributed by atoms with Crippen LogP contribution >= 0.6 is 0 Å². The standard InChI is InChI=1S/C13H28N2/c1-4-12-7-5-6-8-13(12)15(3)11(2)9-10-14/h11-13H,4-10,14H2,1-3H3. The summed E-state index contributed by atoms with van der Waals surface area (Å²) in [4.78, 5) is 2.58. The van der Waals surface area contributed by atoms with Crippen molar-refractivity contribution < 1.29 is 0 Å². The molecule has 15 heavy (non-hydrogen) atoms. The van der Waals surface area contributed by atoms with E-state index >= 15 is 0 Å². The molecule has 0 aromatic heterocycles. The molecule has 90 valence electrons. The summed E-state index contributed by atoms with van der Waals surface area (Å²) in [6, 6.07) is 1.46. The molecule has 0 aromatic carbocycles. The van der Waals surface area contributed by atoms with Gasteiger partial charge in [-0.3, -0.25) is 0 Å². The van der Waals surface area contributed by atoms with Crippen LogP contribution < -0.4 is 5.73 Å². The summed E-state index contributed by atoms with van der Waals surface area (Å²) in [6.07, 6.45) is 8.15. The molecule has 1 saturated carbocycles. The molecule has 0 aromatic rings. The monoisotopic (exact) mass is 212 g/mol. The van der Waals surface area contributed by atoms with Crippen molar-refractivity contribution in [2.45, 2.75) is 64.5 Å². The van der Waals surface area contributed by atoms with Gasteiger partial charge >= 0.3 is 0 Å². The first-order valence-electron chi connectivity index (χ1n) is 6.62. The van der Waals surface area contributed by atoms with E-state index in [1.54, 1.807) is 0 Å². The van der Waals surface area contributed by atoms with E-state index in [-0.39, 0.29) is 0 Å². The van der Waals surface area contributed by atoms with Crippen LogP contribution in [0.1, 0.15) is 52.4 Å². The second-order valence-electron chi connectivity index (χ2n) is 5.11. The zero-order chi connectivity index (χ0) is 11.3. The molecule has 2 heteroatoms. The maximum atomic E-state index is 5.64. The van der Waals surface area contributed by atoms with Crippen molar-refractivity contribution in [3.8, 4) is 0 Å². The number of nitrogens with two attached hydrogens (primary N) is 1. The van der Waals surface area contributed by atoms with Gasteiger partial charge in [0.2, 0.25) is 0 Å². The van der Waals surface area contributed by atoms with Gasteiger partial charge in [0.1, 0.15) is 0 Å². The van der Waals surface area contributed by atoms with E-state index in [0.717, 1.165) is 24.9 Å². The summed E-state index contributed by atoms with van der Waals surface area (Å²) in [5.41, 5.74) is 5.64. The van der Waals surface area contributed by atoms with Crippen molar-refractivity contribution in [1.82, 2.24) is 4.90 Å². The smallest absolute Gasteiger partial charge is 0.0123 e. The SMILES string of the molecule is CCC1CCCCC1N(C)C(C)CCN. The molecule has 0 saturated heterocycles. The molecule has 3 unspecified atom stereocenters. The molecule has 2 N–H and O–H groups in total. The van der Waals surface area contributed by atoms with E-state index in [9.17, 15) is 0 Å². The molecule has 0 aliphatic heterocycles. The lowest BCUT2D eigenvalue weighted by Gasteiger charge is -2.40. The van der Waals surface area contributed by atoms with Crippen molar-refractivity contribution >= 4 is 0 Å². The van der Waals surface area contributed by atoms with Gasteiger partial charge in [0, 0.05) is 12.1 Å². The van der Waals surface area contributed by atoms with Crippen molar-refractivity contribution in [2.24, 2.45) is 11.7 Å². The molecule has 0 heterocycles. The Morgan fingerprint density at radius 2 is 2.00 bits per heavy atom. The summed E-state index contributed by atoms with van der Waals surface area (Å²) >= 11 is 0. The van der Waals surface area contributed by atoms with Gasteiger partial charge in [-0.15, -0.1) is 0 Å². The molecule has 0 amide bonds. The summed E-state index contributed by atoms with van der Waals surface area (Å²) in [5.74, 6) is 0.920. The fourth-order valence-corrected chi connectivity index (χ4v) is 2.97. The van der Waals surface area contributed by atoms with Gasteiger partial charge in [-0.05, 0) is 45.7 Å². The average molecular weight is 212 g/mol. The zero-order valence-electron chi connectivity index (χ0n) is 10.7. The highest BCUT2D eigenvalue weighted by atomic mass is 15.2. The topological polar surface area (TPSA) is 29.3 Å². The van der Waals surface area contributed by atoms with Crippen molar-refractivity contribution in [2.75, 3.05) is 13.6 Å². The first kappa shape index (κ1) is 13.0. The second-order valence-corrected chi connectivity index (χ2v) is 5.11. The van der Waals surface area contributed by atoms with Gasteiger partial charge in [0.05, 0.1) is 0 Å². The van der Waals surface area contributed by atoms with Crippen molar-refractivity contribution in [3.05, 3.63) is 0 Å². The maximum Gasteiger partial charge on any atom is 0.0123 e. The van der Waals surface area contributed by atoms with E-state index in [4.69, 9.17) is 5.73 Å². The quantitative estimate of drug-likeness (QED) is 0.759. The molecule has 0 bridgehead atoms. The average Bonchev–Trinajstić information content (AvgIpc) is 2.28. The van der Waals surface area contributed by atoms with Crippen LogP contribution in [0.2, 0.25) is 0 Å². The van der Waals surface area contributed by atoms with Gasteiger partial charge in [-0.1, -0.05) is 26.2 Å². The summed E-state index contributed by atoms with van der Waals surface area (Å²) in [7, 11) is 2.29. The fourth-order valence-electron chi connectivity index (χ4n) is 2.97. The molecular weight excluding hydrogens is 184 g/mol. The summed E-state index contributed by atoms with van der Waals surface area (Å²) in [5, 5.41) is 0. The van der Waals surface area contributed by atoms with Gasteiger partial charge in [-0.25, -0.2) is 0 Å². The predicted molar refractivity (Wildman–Crippen MR) is 66.9 cm³/mol. The normalized spacial score (nSPS) is 29.4. The Balaban J connectivity index is 2.50. The molecule has 1 fully saturated rings. The van der Waals surface area contributed by atoms with Crippen LogP contribution in [0.4, 0.5) is 0 Å². The highest BCUT2D eigenvalue weighted by Gasteiger charge is 2.28. The van der Waals surface area contributed by atoms with Gasteiger partial charge in [0.15, 0.2) is 0 Å². The number of rotatable bonds is 5. The Labute approximate surface area is 95.2 Å². The molecule has 1 aliphatic rings.